The second-order valence-electron chi connectivity index (χ2n) is 5.89. The summed E-state index contributed by atoms with van der Waals surface area (Å²) in [5.41, 5.74) is 0. The molecule has 2 atom stereocenters. The molecule has 0 radical (unpaired) electrons. The van der Waals surface area contributed by atoms with Gasteiger partial charge in [-0.05, 0) is 24.7 Å². The molecule has 18 heavy (non-hydrogen) atoms. The van der Waals surface area contributed by atoms with Crippen molar-refractivity contribution in [3.63, 3.8) is 0 Å². The van der Waals surface area contributed by atoms with Crippen molar-refractivity contribution in [2.45, 2.75) is 51.0 Å². The van der Waals surface area contributed by atoms with Gasteiger partial charge in [-0.2, -0.15) is 0 Å². The highest BCUT2D eigenvalue weighted by molar-refractivity contribution is 4.81. The zero-order valence-electron chi connectivity index (χ0n) is 11.8. The molecule has 2 unspecified atom stereocenters. The van der Waals surface area contributed by atoms with Crippen molar-refractivity contribution in [1.29, 1.82) is 0 Å². The molecule has 3 nitrogen and oxygen atoms in total. The first-order valence-corrected chi connectivity index (χ1v) is 7.71. The topological polar surface area (TPSA) is 30.5 Å². The van der Waals surface area contributed by atoms with E-state index in [1.165, 1.54) is 44.9 Å². The minimum absolute atomic E-state index is 0.517. The summed E-state index contributed by atoms with van der Waals surface area (Å²) in [5.74, 6) is 1.66. The van der Waals surface area contributed by atoms with Crippen molar-refractivity contribution in [2.24, 2.45) is 11.8 Å². The van der Waals surface area contributed by atoms with Gasteiger partial charge in [0.1, 0.15) is 0 Å². The minimum Gasteiger partial charge on any atom is -0.383 e. The molecule has 1 aliphatic carbocycles. The second kappa shape index (κ2) is 8.13. The van der Waals surface area contributed by atoms with Gasteiger partial charge < -0.3 is 14.8 Å². The van der Waals surface area contributed by atoms with Crippen molar-refractivity contribution in [2.75, 3.05) is 33.4 Å². The maximum absolute atomic E-state index is 5.95. The summed E-state index contributed by atoms with van der Waals surface area (Å²) < 4.78 is 11.0. The SMILES string of the molecule is COCCNCC1CCOC1CC1CCCCC1. The van der Waals surface area contributed by atoms with Crippen molar-refractivity contribution >= 4 is 0 Å². The smallest absolute Gasteiger partial charge is 0.0618 e. The number of nitrogens with one attached hydrogen (secondary N) is 1. The molecule has 0 spiro atoms. The molecule has 1 saturated carbocycles. The average Bonchev–Trinajstić information content (AvgIpc) is 2.83. The summed E-state index contributed by atoms with van der Waals surface area (Å²) in [4.78, 5) is 0. The van der Waals surface area contributed by atoms with Gasteiger partial charge in [0, 0.05) is 26.8 Å². The van der Waals surface area contributed by atoms with Crippen LogP contribution in [0.4, 0.5) is 0 Å². The van der Waals surface area contributed by atoms with E-state index in [0.29, 0.717) is 6.10 Å². The summed E-state index contributed by atoms with van der Waals surface area (Å²) in [6.07, 6.45) is 10.2. The van der Waals surface area contributed by atoms with E-state index >= 15 is 0 Å². The third-order valence-electron chi connectivity index (χ3n) is 4.53. The highest BCUT2D eigenvalue weighted by Crippen LogP contribution is 2.32. The fourth-order valence-electron chi connectivity index (χ4n) is 3.40. The molecule has 0 bridgehead atoms. The van der Waals surface area contributed by atoms with Crippen molar-refractivity contribution in [3.05, 3.63) is 0 Å². The van der Waals surface area contributed by atoms with Gasteiger partial charge in [-0.25, -0.2) is 0 Å². The number of hydrogen-bond donors (Lipinski definition) is 1. The fourth-order valence-corrected chi connectivity index (χ4v) is 3.40. The lowest BCUT2D eigenvalue weighted by atomic mass is 9.83. The fraction of sp³-hybridized carbons (Fsp3) is 1.00. The van der Waals surface area contributed by atoms with E-state index in [9.17, 15) is 0 Å². The van der Waals surface area contributed by atoms with Crippen LogP contribution in [0.1, 0.15) is 44.9 Å². The quantitative estimate of drug-likeness (QED) is 0.709. The molecule has 1 saturated heterocycles. The Balaban J connectivity index is 1.66. The molecule has 2 aliphatic rings. The van der Waals surface area contributed by atoms with Gasteiger partial charge in [-0.15, -0.1) is 0 Å². The zero-order chi connectivity index (χ0) is 12.6. The zero-order valence-corrected chi connectivity index (χ0v) is 11.8. The van der Waals surface area contributed by atoms with E-state index in [-0.39, 0.29) is 0 Å². The Bertz CT molecular complexity index is 217. The molecule has 2 fully saturated rings. The normalized spacial score (nSPS) is 29.8. The Kier molecular flexibility index (Phi) is 6.46. The third kappa shape index (κ3) is 4.52. The molecule has 1 N–H and O–H groups in total. The Hall–Kier alpha value is -0.120. The first-order chi connectivity index (χ1) is 8.90. The predicted molar refractivity (Wildman–Crippen MR) is 73.8 cm³/mol. The molecule has 106 valence electrons. The minimum atomic E-state index is 0.517. The van der Waals surface area contributed by atoms with Gasteiger partial charge >= 0.3 is 0 Å². The van der Waals surface area contributed by atoms with Gasteiger partial charge in [0.05, 0.1) is 12.7 Å². The van der Waals surface area contributed by atoms with Crippen molar-refractivity contribution in [1.82, 2.24) is 5.32 Å². The van der Waals surface area contributed by atoms with Gasteiger partial charge in [0.25, 0.3) is 0 Å². The van der Waals surface area contributed by atoms with Crippen LogP contribution in [0.5, 0.6) is 0 Å². The van der Waals surface area contributed by atoms with Gasteiger partial charge in [-0.3, -0.25) is 0 Å². The van der Waals surface area contributed by atoms with Gasteiger partial charge in [0.2, 0.25) is 0 Å². The Morgan fingerprint density at radius 3 is 2.78 bits per heavy atom. The van der Waals surface area contributed by atoms with Crippen LogP contribution in [0.3, 0.4) is 0 Å². The predicted octanol–water partition coefficient (Wildman–Crippen LogP) is 2.60. The van der Waals surface area contributed by atoms with E-state index < -0.39 is 0 Å². The summed E-state index contributed by atoms with van der Waals surface area (Å²) >= 11 is 0. The third-order valence-corrected chi connectivity index (χ3v) is 4.53. The van der Waals surface area contributed by atoms with Gasteiger partial charge in [0.15, 0.2) is 0 Å². The molecule has 1 aliphatic heterocycles. The highest BCUT2D eigenvalue weighted by atomic mass is 16.5. The standard InChI is InChI=1S/C15H29NO2/c1-17-10-8-16-12-14-7-9-18-15(14)11-13-5-3-2-4-6-13/h13-16H,2-12H2,1H3. The van der Waals surface area contributed by atoms with Crippen LogP contribution in [0.15, 0.2) is 0 Å². The Labute approximate surface area is 112 Å². The maximum Gasteiger partial charge on any atom is 0.0618 e. The van der Waals surface area contributed by atoms with Crippen LogP contribution in [0.2, 0.25) is 0 Å². The number of rotatable bonds is 7. The average molecular weight is 255 g/mol. The maximum atomic E-state index is 5.95. The van der Waals surface area contributed by atoms with Crippen LogP contribution in [0.25, 0.3) is 0 Å². The van der Waals surface area contributed by atoms with Crippen molar-refractivity contribution < 1.29 is 9.47 Å². The molecule has 1 heterocycles. The lowest BCUT2D eigenvalue weighted by molar-refractivity contribution is 0.0625. The van der Waals surface area contributed by atoms with Crippen molar-refractivity contribution in [3.8, 4) is 0 Å². The summed E-state index contributed by atoms with van der Waals surface area (Å²) in [7, 11) is 1.76. The molecule has 3 heteroatoms. The van der Waals surface area contributed by atoms with Crippen LogP contribution in [-0.4, -0.2) is 39.5 Å². The van der Waals surface area contributed by atoms with E-state index in [1.54, 1.807) is 7.11 Å². The largest absolute Gasteiger partial charge is 0.383 e. The second-order valence-corrected chi connectivity index (χ2v) is 5.89. The van der Waals surface area contributed by atoms with E-state index in [4.69, 9.17) is 9.47 Å². The summed E-state index contributed by atoms with van der Waals surface area (Å²) in [6, 6.07) is 0. The number of hydrogen-bond acceptors (Lipinski definition) is 3. The lowest BCUT2D eigenvalue weighted by Gasteiger charge is -2.27. The van der Waals surface area contributed by atoms with Crippen LogP contribution < -0.4 is 5.32 Å². The lowest BCUT2D eigenvalue weighted by Crippen LogP contribution is -2.32. The Morgan fingerprint density at radius 1 is 1.17 bits per heavy atom. The molecular weight excluding hydrogens is 226 g/mol. The summed E-state index contributed by atoms with van der Waals surface area (Å²) in [6.45, 7) is 3.83. The van der Waals surface area contributed by atoms with Crippen LogP contribution >= 0.6 is 0 Å². The summed E-state index contributed by atoms with van der Waals surface area (Å²) in [5, 5.41) is 3.49. The molecule has 0 aromatic carbocycles. The number of ether oxygens (including phenoxy) is 2. The molecular formula is C15H29NO2. The Morgan fingerprint density at radius 2 is 2.00 bits per heavy atom. The van der Waals surface area contributed by atoms with Gasteiger partial charge in [-0.1, -0.05) is 32.1 Å². The van der Waals surface area contributed by atoms with E-state index in [2.05, 4.69) is 5.32 Å². The monoisotopic (exact) mass is 255 g/mol. The molecule has 0 aromatic heterocycles. The van der Waals surface area contributed by atoms with E-state index in [0.717, 1.165) is 38.1 Å². The molecule has 0 amide bonds. The molecule has 2 rings (SSSR count). The first-order valence-electron chi connectivity index (χ1n) is 7.71. The van der Waals surface area contributed by atoms with E-state index in [1.807, 2.05) is 0 Å². The molecule has 0 aromatic rings. The number of methoxy groups -OCH3 is 1. The first kappa shape index (κ1) is 14.3. The highest BCUT2D eigenvalue weighted by Gasteiger charge is 2.30. The van der Waals surface area contributed by atoms with Crippen LogP contribution in [-0.2, 0) is 9.47 Å². The van der Waals surface area contributed by atoms with Crippen LogP contribution in [0, 0.1) is 11.8 Å².